The monoisotopic (exact) mass is 278 g/mol. The standard InChI is InChI=1S/C12H11BrN2O/c1-8-14-11(12(16)15(8)2)7-9-3-5-10(13)6-4-9/h3-7H,1-2H3/b11-7-. The number of amides is 1. The van der Waals surface area contributed by atoms with Gasteiger partial charge in [0.15, 0.2) is 0 Å². The SMILES string of the molecule is CC1=N/C(=C\c2ccc(Br)cc2)C(=O)N1C. The highest BCUT2D eigenvalue weighted by atomic mass is 79.9. The number of nitrogens with zero attached hydrogens (tertiary/aromatic N) is 2. The zero-order chi connectivity index (χ0) is 11.7. The molecule has 1 heterocycles. The van der Waals surface area contributed by atoms with Crippen LogP contribution in [0.5, 0.6) is 0 Å². The van der Waals surface area contributed by atoms with Gasteiger partial charge in [0.2, 0.25) is 0 Å². The normalized spacial score (nSPS) is 18.2. The van der Waals surface area contributed by atoms with Gasteiger partial charge in [-0.25, -0.2) is 4.99 Å². The van der Waals surface area contributed by atoms with Crippen LogP contribution in [0.25, 0.3) is 6.08 Å². The van der Waals surface area contributed by atoms with Crippen LogP contribution in [0.1, 0.15) is 12.5 Å². The van der Waals surface area contributed by atoms with Crippen molar-refractivity contribution in [1.29, 1.82) is 0 Å². The number of hydrogen-bond donors (Lipinski definition) is 0. The van der Waals surface area contributed by atoms with Gasteiger partial charge in [0, 0.05) is 11.5 Å². The molecule has 0 atom stereocenters. The molecule has 0 aliphatic carbocycles. The van der Waals surface area contributed by atoms with Crippen LogP contribution < -0.4 is 0 Å². The Balaban J connectivity index is 2.32. The van der Waals surface area contributed by atoms with Crippen molar-refractivity contribution in [2.75, 3.05) is 7.05 Å². The average molecular weight is 279 g/mol. The van der Waals surface area contributed by atoms with E-state index >= 15 is 0 Å². The minimum atomic E-state index is -0.0552. The minimum absolute atomic E-state index is 0.0552. The highest BCUT2D eigenvalue weighted by molar-refractivity contribution is 9.10. The Morgan fingerprint density at radius 1 is 1.31 bits per heavy atom. The molecule has 0 aromatic heterocycles. The smallest absolute Gasteiger partial charge is 0.277 e. The van der Waals surface area contributed by atoms with E-state index in [1.165, 1.54) is 0 Å². The first kappa shape index (κ1) is 11.1. The van der Waals surface area contributed by atoms with Gasteiger partial charge in [-0.3, -0.25) is 9.69 Å². The van der Waals surface area contributed by atoms with Crippen molar-refractivity contribution in [2.45, 2.75) is 6.92 Å². The van der Waals surface area contributed by atoms with E-state index in [0.717, 1.165) is 15.9 Å². The van der Waals surface area contributed by atoms with Crippen LogP contribution in [0.15, 0.2) is 39.4 Å². The maximum Gasteiger partial charge on any atom is 0.277 e. The molecule has 4 heteroatoms. The van der Waals surface area contributed by atoms with Gasteiger partial charge in [0.05, 0.1) is 0 Å². The van der Waals surface area contributed by atoms with Gasteiger partial charge in [-0.15, -0.1) is 0 Å². The van der Waals surface area contributed by atoms with Gasteiger partial charge in [0.25, 0.3) is 5.91 Å². The van der Waals surface area contributed by atoms with Crippen molar-refractivity contribution in [3.05, 3.63) is 40.0 Å². The number of carbonyl (C=O) groups is 1. The number of halogens is 1. The predicted molar refractivity (Wildman–Crippen MR) is 68.0 cm³/mol. The van der Waals surface area contributed by atoms with E-state index in [9.17, 15) is 4.79 Å². The van der Waals surface area contributed by atoms with Gasteiger partial charge in [0.1, 0.15) is 11.5 Å². The maximum absolute atomic E-state index is 11.7. The quantitative estimate of drug-likeness (QED) is 0.727. The van der Waals surface area contributed by atoms with Crippen LogP contribution in [0.4, 0.5) is 0 Å². The van der Waals surface area contributed by atoms with Crippen molar-refractivity contribution >= 4 is 33.7 Å². The summed E-state index contributed by atoms with van der Waals surface area (Å²) in [6, 6.07) is 7.75. The number of rotatable bonds is 1. The van der Waals surface area contributed by atoms with Crippen LogP contribution in [0, 0.1) is 0 Å². The molecule has 0 N–H and O–H groups in total. The Hall–Kier alpha value is -1.42. The van der Waals surface area contributed by atoms with E-state index in [1.807, 2.05) is 31.2 Å². The highest BCUT2D eigenvalue weighted by Crippen LogP contribution is 2.18. The predicted octanol–water partition coefficient (Wildman–Crippen LogP) is 2.68. The fourth-order valence-corrected chi connectivity index (χ4v) is 1.69. The van der Waals surface area contributed by atoms with E-state index < -0.39 is 0 Å². The molecule has 0 unspecified atom stereocenters. The van der Waals surface area contributed by atoms with Crippen molar-refractivity contribution in [1.82, 2.24) is 4.90 Å². The molecule has 0 fully saturated rings. The fourth-order valence-electron chi connectivity index (χ4n) is 1.43. The number of aliphatic imine (C=N–C) groups is 1. The maximum atomic E-state index is 11.7. The summed E-state index contributed by atoms with van der Waals surface area (Å²) < 4.78 is 1.02. The Labute approximate surface area is 103 Å². The number of benzene rings is 1. The van der Waals surface area contributed by atoms with Gasteiger partial charge in [-0.1, -0.05) is 28.1 Å². The molecule has 0 saturated carbocycles. The molecule has 82 valence electrons. The third-order valence-corrected chi connectivity index (χ3v) is 2.99. The Morgan fingerprint density at radius 2 is 1.94 bits per heavy atom. The zero-order valence-electron chi connectivity index (χ0n) is 9.07. The second kappa shape index (κ2) is 4.22. The van der Waals surface area contributed by atoms with E-state index in [1.54, 1.807) is 18.0 Å². The van der Waals surface area contributed by atoms with Gasteiger partial charge < -0.3 is 0 Å². The van der Waals surface area contributed by atoms with Crippen molar-refractivity contribution in [3.63, 3.8) is 0 Å². The van der Waals surface area contributed by atoms with Crippen molar-refractivity contribution in [2.24, 2.45) is 4.99 Å². The van der Waals surface area contributed by atoms with Crippen LogP contribution in [-0.2, 0) is 4.79 Å². The average Bonchev–Trinajstić information content (AvgIpc) is 2.50. The molecule has 0 spiro atoms. The summed E-state index contributed by atoms with van der Waals surface area (Å²) in [7, 11) is 1.73. The Bertz CT molecular complexity index is 488. The second-order valence-electron chi connectivity index (χ2n) is 3.60. The molecule has 1 aromatic carbocycles. The molecule has 0 saturated heterocycles. The lowest BCUT2D eigenvalue weighted by Gasteiger charge is -2.05. The number of hydrogen-bond acceptors (Lipinski definition) is 2. The number of amidine groups is 1. The third kappa shape index (κ3) is 2.07. The Kier molecular flexibility index (Phi) is 2.92. The molecule has 1 aliphatic heterocycles. The third-order valence-electron chi connectivity index (χ3n) is 2.46. The number of carbonyl (C=O) groups excluding carboxylic acids is 1. The van der Waals surface area contributed by atoms with E-state index in [2.05, 4.69) is 20.9 Å². The summed E-state index contributed by atoms with van der Waals surface area (Å²) in [4.78, 5) is 17.5. The molecule has 0 bridgehead atoms. The summed E-state index contributed by atoms with van der Waals surface area (Å²) in [5, 5.41) is 0. The van der Waals surface area contributed by atoms with E-state index in [0.29, 0.717) is 5.70 Å². The molecular formula is C12H11BrN2O. The van der Waals surface area contributed by atoms with Gasteiger partial charge in [-0.2, -0.15) is 0 Å². The molecule has 16 heavy (non-hydrogen) atoms. The first-order valence-electron chi connectivity index (χ1n) is 4.88. The summed E-state index contributed by atoms with van der Waals surface area (Å²) >= 11 is 3.37. The summed E-state index contributed by atoms with van der Waals surface area (Å²) in [5.74, 6) is 0.675. The van der Waals surface area contributed by atoms with Gasteiger partial charge >= 0.3 is 0 Å². The topological polar surface area (TPSA) is 32.7 Å². The lowest BCUT2D eigenvalue weighted by molar-refractivity contribution is -0.121. The van der Waals surface area contributed by atoms with E-state index in [-0.39, 0.29) is 5.91 Å². The summed E-state index contributed by atoms with van der Waals surface area (Å²) in [6.45, 7) is 1.82. The van der Waals surface area contributed by atoms with Crippen LogP contribution in [0.2, 0.25) is 0 Å². The molecule has 3 nitrogen and oxygen atoms in total. The van der Waals surface area contributed by atoms with Crippen molar-refractivity contribution in [3.8, 4) is 0 Å². The first-order chi connectivity index (χ1) is 7.58. The molecule has 1 amide bonds. The lowest BCUT2D eigenvalue weighted by Crippen LogP contribution is -2.25. The Morgan fingerprint density at radius 3 is 2.44 bits per heavy atom. The molecular weight excluding hydrogens is 268 g/mol. The van der Waals surface area contributed by atoms with Crippen LogP contribution in [-0.4, -0.2) is 23.7 Å². The molecule has 0 radical (unpaired) electrons. The van der Waals surface area contributed by atoms with E-state index in [4.69, 9.17) is 0 Å². The first-order valence-corrected chi connectivity index (χ1v) is 5.68. The molecule has 2 rings (SSSR count). The zero-order valence-corrected chi connectivity index (χ0v) is 10.7. The summed E-state index contributed by atoms with van der Waals surface area (Å²) in [5.41, 5.74) is 1.46. The molecule has 1 aromatic rings. The van der Waals surface area contributed by atoms with Crippen LogP contribution in [0.3, 0.4) is 0 Å². The second-order valence-corrected chi connectivity index (χ2v) is 4.52. The van der Waals surface area contributed by atoms with Crippen molar-refractivity contribution < 1.29 is 4.79 Å². The van der Waals surface area contributed by atoms with Gasteiger partial charge in [-0.05, 0) is 30.7 Å². The molecule has 1 aliphatic rings. The largest absolute Gasteiger partial charge is 0.298 e. The number of likely N-dealkylation sites (N-methyl/N-ethyl adjacent to an activating group) is 1. The fraction of sp³-hybridized carbons (Fsp3) is 0.167. The highest BCUT2D eigenvalue weighted by Gasteiger charge is 2.23. The minimum Gasteiger partial charge on any atom is -0.298 e. The summed E-state index contributed by atoms with van der Waals surface area (Å²) in [6.07, 6.45) is 1.79. The van der Waals surface area contributed by atoms with Crippen LogP contribution >= 0.6 is 15.9 Å². The lowest BCUT2D eigenvalue weighted by atomic mass is 10.2.